The maximum absolute atomic E-state index is 12.0. The SMILES string of the molecule is CCOC(=O)[C@H](Cc1ccc(OCC)cc1)NC(=O)[C@@H]1CO1. The Morgan fingerprint density at radius 3 is 2.50 bits per heavy atom. The Morgan fingerprint density at radius 1 is 1.27 bits per heavy atom. The summed E-state index contributed by atoms with van der Waals surface area (Å²) in [5.74, 6) is 0.0590. The largest absolute Gasteiger partial charge is 0.494 e. The summed E-state index contributed by atoms with van der Waals surface area (Å²) in [5, 5.41) is 2.68. The van der Waals surface area contributed by atoms with E-state index in [0.717, 1.165) is 11.3 Å². The molecule has 0 unspecified atom stereocenters. The van der Waals surface area contributed by atoms with Gasteiger partial charge in [0.1, 0.15) is 11.8 Å². The molecule has 2 atom stereocenters. The van der Waals surface area contributed by atoms with Crippen molar-refractivity contribution in [2.75, 3.05) is 19.8 Å². The lowest BCUT2D eigenvalue weighted by Gasteiger charge is -2.17. The molecule has 1 N–H and O–H groups in total. The zero-order valence-corrected chi connectivity index (χ0v) is 12.8. The minimum absolute atomic E-state index is 0.272. The molecule has 1 aliphatic rings. The molecule has 0 aromatic heterocycles. The number of amides is 1. The molecule has 1 heterocycles. The highest BCUT2D eigenvalue weighted by Crippen LogP contribution is 2.15. The monoisotopic (exact) mass is 307 g/mol. The summed E-state index contributed by atoms with van der Waals surface area (Å²) in [6.45, 7) is 4.93. The number of rotatable bonds is 8. The van der Waals surface area contributed by atoms with E-state index in [9.17, 15) is 9.59 Å². The quantitative estimate of drug-likeness (QED) is 0.574. The number of epoxide rings is 1. The second kappa shape index (κ2) is 7.79. The van der Waals surface area contributed by atoms with Gasteiger partial charge in [-0.05, 0) is 31.5 Å². The Kier molecular flexibility index (Phi) is 5.77. The van der Waals surface area contributed by atoms with Gasteiger partial charge >= 0.3 is 5.97 Å². The van der Waals surface area contributed by atoms with Gasteiger partial charge in [0, 0.05) is 6.42 Å². The number of nitrogens with one attached hydrogen (secondary N) is 1. The first-order valence-electron chi connectivity index (χ1n) is 7.44. The number of ether oxygens (including phenoxy) is 3. The van der Waals surface area contributed by atoms with Crippen LogP contribution in [-0.4, -0.2) is 43.8 Å². The van der Waals surface area contributed by atoms with Crippen molar-refractivity contribution < 1.29 is 23.8 Å². The lowest BCUT2D eigenvalue weighted by molar-refractivity contribution is -0.147. The van der Waals surface area contributed by atoms with Crippen LogP contribution < -0.4 is 10.1 Å². The molecule has 1 aliphatic heterocycles. The minimum Gasteiger partial charge on any atom is -0.494 e. The molecular weight excluding hydrogens is 286 g/mol. The predicted molar refractivity (Wildman–Crippen MR) is 79.6 cm³/mol. The zero-order chi connectivity index (χ0) is 15.9. The molecule has 1 saturated heterocycles. The summed E-state index contributed by atoms with van der Waals surface area (Å²) in [5.41, 5.74) is 0.915. The number of hydrogen-bond acceptors (Lipinski definition) is 5. The average molecular weight is 307 g/mol. The van der Waals surface area contributed by atoms with Crippen LogP contribution >= 0.6 is 0 Å². The van der Waals surface area contributed by atoms with E-state index in [1.165, 1.54) is 0 Å². The molecule has 1 aromatic rings. The summed E-state index contributed by atoms with van der Waals surface area (Å²) in [6, 6.07) is 6.71. The van der Waals surface area contributed by atoms with Gasteiger partial charge in [0.25, 0.3) is 5.91 Å². The minimum atomic E-state index is -0.713. The van der Waals surface area contributed by atoms with Crippen LogP contribution in [0.5, 0.6) is 5.75 Å². The molecule has 0 saturated carbocycles. The molecule has 1 aromatic carbocycles. The van der Waals surface area contributed by atoms with Gasteiger partial charge in [0.2, 0.25) is 0 Å². The normalized spacial score (nSPS) is 17.5. The van der Waals surface area contributed by atoms with Crippen LogP contribution in [-0.2, 0) is 25.5 Å². The molecule has 2 rings (SSSR count). The third kappa shape index (κ3) is 4.73. The Hall–Kier alpha value is -2.08. The van der Waals surface area contributed by atoms with E-state index >= 15 is 0 Å². The van der Waals surface area contributed by atoms with Crippen LogP contribution in [0.2, 0.25) is 0 Å². The van der Waals surface area contributed by atoms with Crippen LogP contribution in [0.1, 0.15) is 19.4 Å². The Labute approximate surface area is 129 Å². The summed E-state index contributed by atoms with van der Waals surface area (Å²) >= 11 is 0. The number of esters is 1. The Morgan fingerprint density at radius 2 is 1.95 bits per heavy atom. The molecule has 0 radical (unpaired) electrons. The van der Waals surface area contributed by atoms with Gasteiger partial charge in [0.15, 0.2) is 6.10 Å². The van der Waals surface area contributed by atoms with Gasteiger partial charge in [0.05, 0.1) is 19.8 Å². The fourth-order valence-corrected chi connectivity index (χ4v) is 2.02. The molecule has 1 fully saturated rings. The first kappa shape index (κ1) is 16.3. The highest BCUT2D eigenvalue weighted by molar-refractivity contribution is 5.88. The second-order valence-corrected chi connectivity index (χ2v) is 4.92. The van der Waals surface area contributed by atoms with Gasteiger partial charge in [-0.1, -0.05) is 12.1 Å². The first-order chi connectivity index (χ1) is 10.6. The van der Waals surface area contributed by atoms with Crippen LogP contribution in [0.15, 0.2) is 24.3 Å². The molecule has 22 heavy (non-hydrogen) atoms. The van der Waals surface area contributed by atoms with Crippen LogP contribution in [0.3, 0.4) is 0 Å². The zero-order valence-electron chi connectivity index (χ0n) is 12.8. The lowest BCUT2D eigenvalue weighted by Crippen LogP contribution is -2.45. The number of carbonyl (C=O) groups excluding carboxylic acids is 2. The first-order valence-corrected chi connectivity index (χ1v) is 7.44. The maximum Gasteiger partial charge on any atom is 0.328 e. The van der Waals surface area contributed by atoms with Gasteiger partial charge in [-0.15, -0.1) is 0 Å². The third-order valence-corrected chi connectivity index (χ3v) is 3.19. The lowest BCUT2D eigenvalue weighted by atomic mass is 10.1. The molecule has 120 valence electrons. The second-order valence-electron chi connectivity index (χ2n) is 4.92. The highest BCUT2D eigenvalue weighted by Gasteiger charge is 2.34. The average Bonchev–Trinajstić information content (AvgIpc) is 3.33. The predicted octanol–water partition coefficient (Wildman–Crippen LogP) is 1.07. The van der Waals surface area contributed by atoms with Crippen LogP contribution in [0.25, 0.3) is 0 Å². The van der Waals surface area contributed by atoms with Crippen molar-refractivity contribution in [3.63, 3.8) is 0 Å². The summed E-state index contributed by atoms with van der Waals surface area (Å²) in [6.07, 6.45) is -0.0683. The molecule has 6 nitrogen and oxygen atoms in total. The van der Waals surface area contributed by atoms with Crippen molar-refractivity contribution in [1.29, 1.82) is 0 Å². The van der Waals surface area contributed by atoms with E-state index in [0.29, 0.717) is 19.6 Å². The topological polar surface area (TPSA) is 77.2 Å². The van der Waals surface area contributed by atoms with Crippen molar-refractivity contribution in [3.8, 4) is 5.75 Å². The molecular formula is C16H21NO5. The fraction of sp³-hybridized carbons (Fsp3) is 0.500. The van der Waals surface area contributed by atoms with Gasteiger partial charge in [-0.25, -0.2) is 4.79 Å². The molecule has 6 heteroatoms. The molecule has 0 spiro atoms. The number of carbonyl (C=O) groups is 2. The van der Waals surface area contributed by atoms with Crippen molar-refractivity contribution in [2.45, 2.75) is 32.4 Å². The van der Waals surface area contributed by atoms with Gasteiger partial charge in [-0.2, -0.15) is 0 Å². The number of benzene rings is 1. The summed E-state index contributed by atoms with van der Waals surface area (Å²) in [7, 11) is 0. The van der Waals surface area contributed by atoms with Crippen LogP contribution in [0, 0.1) is 0 Å². The Balaban J connectivity index is 2.00. The summed E-state index contributed by atoms with van der Waals surface area (Å²) < 4.78 is 15.3. The fourth-order valence-electron chi connectivity index (χ4n) is 2.02. The van der Waals surface area contributed by atoms with E-state index in [1.54, 1.807) is 6.92 Å². The number of hydrogen-bond donors (Lipinski definition) is 1. The standard InChI is InChI=1S/C16H21NO5/c1-3-20-12-7-5-11(6-8-12)9-13(16(19)21-4-2)17-15(18)14-10-22-14/h5-8,13-14H,3-4,9-10H2,1-2H3,(H,17,18)/t13-,14-/m0/s1. The maximum atomic E-state index is 12.0. The van der Waals surface area contributed by atoms with Crippen LogP contribution in [0.4, 0.5) is 0 Å². The van der Waals surface area contributed by atoms with Gasteiger partial charge in [-0.3, -0.25) is 4.79 Å². The van der Waals surface area contributed by atoms with E-state index in [2.05, 4.69) is 5.32 Å². The van der Waals surface area contributed by atoms with Crippen molar-refractivity contribution in [1.82, 2.24) is 5.32 Å². The molecule has 0 aliphatic carbocycles. The third-order valence-electron chi connectivity index (χ3n) is 3.19. The molecule has 0 bridgehead atoms. The Bertz CT molecular complexity index is 510. The smallest absolute Gasteiger partial charge is 0.328 e. The van der Waals surface area contributed by atoms with Crippen molar-refractivity contribution in [2.24, 2.45) is 0 Å². The van der Waals surface area contributed by atoms with Crippen molar-refractivity contribution >= 4 is 11.9 Å². The van der Waals surface area contributed by atoms with E-state index in [-0.39, 0.29) is 12.5 Å². The van der Waals surface area contributed by atoms with E-state index in [1.807, 2.05) is 31.2 Å². The van der Waals surface area contributed by atoms with Crippen molar-refractivity contribution in [3.05, 3.63) is 29.8 Å². The molecule has 1 amide bonds. The highest BCUT2D eigenvalue weighted by atomic mass is 16.6. The van der Waals surface area contributed by atoms with E-state index in [4.69, 9.17) is 14.2 Å². The van der Waals surface area contributed by atoms with E-state index < -0.39 is 18.1 Å². The van der Waals surface area contributed by atoms with Gasteiger partial charge < -0.3 is 19.5 Å². The summed E-state index contributed by atoms with van der Waals surface area (Å²) in [4.78, 5) is 23.8.